The van der Waals surface area contributed by atoms with Crippen molar-refractivity contribution in [2.45, 2.75) is 31.9 Å². The molecule has 1 N–H and O–H groups in total. The van der Waals surface area contributed by atoms with Crippen molar-refractivity contribution in [3.8, 4) is 5.75 Å². The number of rotatable bonds is 4. The number of ether oxygens (including phenoxy) is 1. The zero-order valence-corrected chi connectivity index (χ0v) is 12.7. The average molecular weight is 290 g/mol. The predicted octanol–water partition coefficient (Wildman–Crippen LogP) is 2.08. The topological polar surface area (TPSA) is 35.9 Å². The van der Waals surface area contributed by atoms with Crippen LogP contribution in [0.15, 0.2) is 24.3 Å². The highest BCUT2D eigenvalue weighted by Crippen LogP contribution is 2.17. The van der Waals surface area contributed by atoms with Gasteiger partial charge in [-0.15, -0.1) is 0 Å². The lowest BCUT2D eigenvalue weighted by Gasteiger charge is -2.37. The average Bonchev–Trinajstić information content (AvgIpc) is 2.50. The van der Waals surface area contributed by atoms with Crippen molar-refractivity contribution in [1.82, 2.24) is 9.80 Å². The van der Waals surface area contributed by atoms with E-state index in [9.17, 15) is 5.11 Å². The largest absolute Gasteiger partial charge is 0.508 e. The smallest absolute Gasteiger partial charge is 0.115 e. The normalized spacial score (nSPS) is 25.0. The van der Waals surface area contributed by atoms with Gasteiger partial charge in [0.2, 0.25) is 0 Å². The molecule has 2 aliphatic heterocycles. The van der Waals surface area contributed by atoms with Crippen LogP contribution in [0.25, 0.3) is 0 Å². The van der Waals surface area contributed by atoms with Crippen molar-refractivity contribution < 1.29 is 9.84 Å². The van der Waals surface area contributed by atoms with E-state index in [0.717, 1.165) is 45.9 Å². The summed E-state index contributed by atoms with van der Waals surface area (Å²) in [6, 6.07) is 7.59. The van der Waals surface area contributed by atoms with Crippen LogP contribution in [0, 0.1) is 0 Å². The van der Waals surface area contributed by atoms with Crippen LogP contribution in [0.2, 0.25) is 0 Å². The first-order chi connectivity index (χ1) is 10.3. The highest BCUT2D eigenvalue weighted by Gasteiger charge is 2.21. The second kappa shape index (κ2) is 7.25. The van der Waals surface area contributed by atoms with E-state index in [-0.39, 0.29) is 0 Å². The number of nitrogens with zero attached hydrogens (tertiary/aromatic N) is 2. The molecule has 21 heavy (non-hydrogen) atoms. The molecule has 0 aliphatic carbocycles. The third-order valence-corrected chi connectivity index (χ3v) is 4.52. The van der Waals surface area contributed by atoms with Crippen LogP contribution < -0.4 is 0 Å². The summed E-state index contributed by atoms with van der Waals surface area (Å²) in [6.07, 6.45) is 4.23. The molecule has 0 saturated carbocycles. The fraction of sp³-hybridized carbons (Fsp3) is 0.647. The van der Waals surface area contributed by atoms with Crippen molar-refractivity contribution in [2.24, 2.45) is 0 Å². The first-order valence-electron chi connectivity index (χ1n) is 8.14. The molecule has 2 saturated heterocycles. The second-order valence-corrected chi connectivity index (χ2v) is 6.24. The molecule has 0 aromatic heterocycles. The van der Waals surface area contributed by atoms with Gasteiger partial charge in [0.25, 0.3) is 0 Å². The fourth-order valence-electron chi connectivity index (χ4n) is 3.28. The van der Waals surface area contributed by atoms with E-state index >= 15 is 0 Å². The summed E-state index contributed by atoms with van der Waals surface area (Å²) in [6.45, 7) is 7.42. The molecule has 2 fully saturated rings. The van der Waals surface area contributed by atoms with Crippen LogP contribution in [-0.4, -0.2) is 60.3 Å². The second-order valence-electron chi connectivity index (χ2n) is 6.24. The third kappa shape index (κ3) is 4.43. The summed E-state index contributed by atoms with van der Waals surface area (Å²) >= 11 is 0. The van der Waals surface area contributed by atoms with E-state index in [1.807, 2.05) is 12.1 Å². The number of piperazine rings is 1. The van der Waals surface area contributed by atoms with Crippen molar-refractivity contribution in [2.75, 3.05) is 39.3 Å². The molecular weight excluding hydrogens is 264 g/mol. The predicted molar refractivity (Wildman–Crippen MR) is 83.4 cm³/mol. The van der Waals surface area contributed by atoms with Crippen molar-refractivity contribution in [1.29, 1.82) is 0 Å². The maximum absolute atomic E-state index is 9.53. The fourth-order valence-corrected chi connectivity index (χ4v) is 3.28. The van der Waals surface area contributed by atoms with Crippen LogP contribution in [0.3, 0.4) is 0 Å². The van der Waals surface area contributed by atoms with E-state index < -0.39 is 0 Å². The van der Waals surface area contributed by atoms with E-state index in [1.165, 1.54) is 24.8 Å². The minimum atomic E-state index is 0.362. The molecule has 0 radical (unpaired) electrons. The van der Waals surface area contributed by atoms with E-state index in [0.29, 0.717) is 11.9 Å². The standard InChI is InChI=1S/C17H26N2O2/c20-16-5-3-4-15(12-16)13-18-7-9-19(10-8-18)14-17-6-1-2-11-21-17/h3-5,12,17,20H,1-2,6-11,13-14H2/t17-/m0/s1. The molecule has 2 aliphatic rings. The zero-order valence-electron chi connectivity index (χ0n) is 12.7. The van der Waals surface area contributed by atoms with Gasteiger partial charge in [0, 0.05) is 45.9 Å². The number of aromatic hydroxyl groups is 1. The highest BCUT2D eigenvalue weighted by atomic mass is 16.5. The van der Waals surface area contributed by atoms with Crippen molar-refractivity contribution in [3.63, 3.8) is 0 Å². The molecule has 0 unspecified atom stereocenters. The van der Waals surface area contributed by atoms with Crippen molar-refractivity contribution >= 4 is 0 Å². The molecule has 1 aromatic carbocycles. The Bertz CT molecular complexity index is 438. The van der Waals surface area contributed by atoms with Crippen LogP contribution in [0.1, 0.15) is 24.8 Å². The molecule has 2 heterocycles. The van der Waals surface area contributed by atoms with Gasteiger partial charge in [-0.1, -0.05) is 12.1 Å². The summed E-state index contributed by atoms with van der Waals surface area (Å²) in [5, 5.41) is 9.53. The lowest BCUT2D eigenvalue weighted by atomic mass is 10.1. The number of phenols is 1. The Morgan fingerprint density at radius 3 is 2.62 bits per heavy atom. The SMILES string of the molecule is Oc1cccc(CN2CCN(C[C@@H]3CCCCO3)CC2)c1. The van der Waals surface area contributed by atoms with Crippen LogP contribution >= 0.6 is 0 Å². The van der Waals surface area contributed by atoms with Crippen LogP contribution in [-0.2, 0) is 11.3 Å². The lowest BCUT2D eigenvalue weighted by molar-refractivity contribution is -0.0145. The Hall–Kier alpha value is -1.10. The molecule has 4 heteroatoms. The van der Waals surface area contributed by atoms with Gasteiger partial charge >= 0.3 is 0 Å². The Labute approximate surface area is 127 Å². The van der Waals surface area contributed by atoms with Gasteiger partial charge in [0.05, 0.1) is 6.10 Å². The van der Waals surface area contributed by atoms with Crippen LogP contribution in [0.4, 0.5) is 0 Å². The molecule has 4 nitrogen and oxygen atoms in total. The molecule has 0 amide bonds. The number of hydrogen-bond acceptors (Lipinski definition) is 4. The highest BCUT2D eigenvalue weighted by molar-refractivity contribution is 5.27. The number of phenolic OH excluding ortho intramolecular Hbond substituents is 1. The molecule has 3 rings (SSSR count). The van der Waals surface area contributed by atoms with Gasteiger partial charge in [0.15, 0.2) is 0 Å². The molecule has 0 spiro atoms. The summed E-state index contributed by atoms with van der Waals surface area (Å²) in [5.74, 6) is 0.362. The summed E-state index contributed by atoms with van der Waals surface area (Å²) in [4.78, 5) is 5.00. The van der Waals surface area contributed by atoms with Gasteiger partial charge in [-0.05, 0) is 37.0 Å². The Kier molecular flexibility index (Phi) is 5.12. The van der Waals surface area contributed by atoms with Gasteiger partial charge in [-0.2, -0.15) is 0 Å². The Morgan fingerprint density at radius 1 is 1.10 bits per heavy atom. The van der Waals surface area contributed by atoms with Crippen molar-refractivity contribution in [3.05, 3.63) is 29.8 Å². The molecule has 116 valence electrons. The third-order valence-electron chi connectivity index (χ3n) is 4.52. The number of hydrogen-bond donors (Lipinski definition) is 1. The maximum atomic E-state index is 9.53. The zero-order chi connectivity index (χ0) is 14.5. The summed E-state index contributed by atoms with van der Waals surface area (Å²) in [7, 11) is 0. The molecule has 1 aromatic rings. The van der Waals surface area contributed by atoms with Gasteiger partial charge < -0.3 is 9.84 Å². The Balaban J connectivity index is 1.42. The van der Waals surface area contributed by atoms with Gasteiger partial charge in [-0.3, -0.25) is 9.80 Å². The van der Waals surface area contributed by atoms with Gasteiger partial charge in [-0.25, -0.2) is 0 Å². The molecule has 1 atom stereocenters. The number of benzene rings is 1. The molecule has 0 bridgehead atoms. The summed E-state index contributed by atoms with van der Waals surface area (Å²) in [5.41, 5.74) is 1.19. The lowest BCUT2D eigenvalue weighted by Crippen LogP contribution is -2.48. The first kappa shape index (κ1) is 14.8. The first-order valence-corrected chi connectivity index (χ1v) is 8.14. The summed E-state index contributed by atoms with van der Waals surface area (Å²) < 4.78 is 5.83. The minimum Gasteiger partial charge on any atom is -0.508 e. The monoisotopic (exact) mass is 290 g/mol. The quantitative estimate of drug-likeness (QED) is 0.921. The molecular formula is C17H26N2O2. The van der Waals surface area contributed by atoms with E-state index in [4.69, 9.17) is 4.74 Å². The minimum absolute atomic E-state index is 0.362. The van der Waals surface area contributed by atoms with E-state index in [2.05, 4.69) is 15.9 Å². The maximum Gasteiger partial charge on any atom is 0.115 e. The Morgan fingerprint density at radius 2 is 1.90 bits per heavy atom. The van der Waals surface area contributed by atoms with Crippen LogP contribution in [0.5, 0.6) is 5.75 Å². The van der Waals surface area contributed by atoms with E-state index in [1.54, 1.807) is 6.07 Å². The van der Waals surface area contributed by atoms with Gasteiger partial charge in [0.1, 0.15) is 5.75 Å².